The first kappa shape index (κ1) is 19.7. The zero-order valence-electron chi connectivity index (χ0n) is 16.5. The molecule has 1 aliphatic heterocycles. The summed E-state index contributed by atoms with van der Waals surface area (Å²) in [6.07, 6.45) is 0. The van der Waals surface area contributed by atoms with Crippen molar-refractivity contribution in [3.05, 3.63) is 66.2 Å². The topological polar surface area (TPSA) is 65.1 Å². The Kier molecular flexibility index (Phi) is 6.27. The van der Waals surface area contributed by atoms with Crippen LogP contribution in [-0.2, 0) is 11.3 Å². The Balaban J connectivity index is 1.28. The van der Waals surface area contributed by atoms with Gasteiger partial charge in [0.2, 0.25) is 11.1 Å². The van der Waals surface area contributed by atoms with Gasteiger partial charge in [0.1, 0.15) is 0 Å². The second kappa shape index (κ2) is 9.24. The summed E-state index contributed by atoms with van der Waals surface area (Å²) in [4.78, 5) is 21.8. The summed E-state index contributed by atoms with van der Waals surface area (Å²) in [6.45, 7) is 6.20. The van der Waals surface area contributed by atoms with Crippen molar-refractivity contribution < 1.29 is 4.79 Å². The zero-order chi connectivity index (χ0) is 20.1. The minimum Gasteiger partial charge on any atom is -0.339 e. The zero-order valence-corrected chi connectivity index (χ0v) is 17.3. The molecular weight excluding hydrogens is 382 g/mol. The van der Waals surface area contributed by atoms with Gasteiger partial charge < -0.3 is 4.90 Å². The Morgan fingerprint density at radius 1 is 1.03 bits per heavy atom. The number of hydrogen-bond acceptors (Lipinski definition) is 5. The van der Waals surface area contributed by atoms with Crippen LogP contribution in [0, 0.1) is 0 Å². The van der Waals surface area contributed by atoms with Crippen LogP contribution in [0.15, 0.2) is 65.8 Å². The molecule has 1 fully saturated rings. The van der Waals surface area contributed by atoms with Crippen molar-refractivity contribution in [3.8, 4) is 11.4 Å². The molecule has 0 radical (unpaired) electrons. The van der Waals surface area contributed by atoms with Crippen molar-refractivity contribution >= 4 is 17.7 Å². The van der Waals surface area contributed by atoms with E-state index in [2.05, 4.69) is 44.3 Å². The minimum atomic E-state index is -0.213. The fourth-order valence-electron chi connectivity index (χ4n) is 3.46. The van der Waals surface area contributed by atoms with E-state index in [1.54, 1.807) is 0 Å². The van der Waals surface area contributed by atoms with Crippen LogP contribution in [0.25, 0.3) is 11.4 Å². The highest BCUT2D eigenvalue weighted by Gasteiger charge is 2.26. The molecule has 1 N–H and O–H groups in total. The maximum Gasteiger partial charge on any atom is 0.235 e. The van der Waals surface area contributed by atoms with Gasteiger partial charge in [-0.3, -0.25) is 14.8 Å². The van der Waals surface area contributed by atoms with Gasteiger partial charge in [-0.1, -0.05) is 72.4 Å². The third kappa shape index (κ3) is 5.05. The molecule has 2 heterocycles. The van der Waals surface area contributed by atoms with Crippen LogP contribution in [0.5, 0.6) is 0 Å². The van der Waals surface area contributed by atoms with Gasteiger partial charge in [-0.15, -0.1) is 5.10 Å². The summed E-state index contributed by atoms with van der Waals surface area (Å²) in [5.74, 6) is 0.877. The molecule has 7 heteroatoms. The highest BCUT2D eigenvalue weighted by molar-refractivity contribution is 8.00. The van der Waals surface area contributed by atoms with Crippen molar-refractivity contribution in [1.82, 2.24) is 25.0 Å². The molecule has 4 rings (SSSR count). The normalized spacial score (nSPS) is 16.0. The molecule has 29 heavy (non-hydrogen) atoms. The first-order valence-electron chi connectivity index (χ1n) is 9.88. The Hall–Kier alpha value is -2.64. The molecule has 6 nitrogen and oxygen atoms in total. The largest absolute Gasteiger partial charge is 0.339 e. The molecular formula is C22H25N5OS. The van der Waals surface area contributed by atoms with Crippen LogP contribution in [0.1, 0.15) is 12.5 Å². The van der Waals surface area contributed by atoms with Gasteiger partial charge in [-0.25, -0.2) is 4.98 Å². The van der Waals surface area contributed by atoms with E-state index in [9.17, 15) is 4.79 Å². The lowest BCUT2D eigenvalue weighted by Gasteiger charge is -2.35. The highest BCUT2D eigenvalue weighted by Crippen LogP contribution is 2.24. The molecule has 0 saturated carbocycles. The minimum absolute atomic E-state index is 0.153. The Morgan fingerprint density at radius 3 is 2.38 bits per heavy atom. The van der Waals surface area contributed by atoms with Crippen LogP contribution < -0.4 is 0 Å². The van der Waals surface area contributed by atoms with E-state index in [-0.39, 0.29) is 11.2 Å². The smallest absolute Gasteiger partial charge is 0.235 e. The van der Waals surface area contributed by atoms with Gasteiger partial charge in [0.15, 0.2) is 5.82 Å². The number of nitrogens with zero attached hydrogens (tertiary/aromatic N) is 4. The molecule has 1 amide bonds. The van der Waals surface area contributed by atoms with Crippen molar-refractivity contribution in [2.24, 2.45) is 0 Å². The van der Waals surface area contributed by atoms with Gasteiger partial charge in [0, 0.05) is 38.3 Å². The van der Waals surface area contributed by atoms with Crippen LogP contribution in [-0.4, -0.2) is 62.3 Å². The number of carbonyl (C=O) groups is 1. The van der Waals surface area contributed by atoms with E-state index in [1.807, 2.05) is 48.2 Å². The Labute approximate surface area is 175 Å². The number of aromatic nitrogens is 3. The molecule has 0 aliphatic carbocycles. The first-order valence-corrected chi connectivity index (χ1v) is 10.8. The van der Waals surface area contributed by atoms with Crippen LogP contribution in [0.4, 0.5) is 0 Å². The predicted molar refractivity (Wildman–Crippen MR) is 115 cm³/mol. The second-order valence-electron chi connectivity index (χ2n) is 7.18. The average molecular weight is 408 g/mol. The number of piperazine rings is 1. The summed E-state index contributed by atoms with van der Waals surface area (Å²) in [6, 6.07) is 20.3. The van der Waals surface area contributed by atoms with Crippen LogP contribution in [0.3, 0.4) is 0 Å². The molecule has 1 aromatic heterocycles. The van der Waals surface area contributed by atoms with Crippen molar-refractivity contribution in [1.29, 1.82) is 0 Å². The molecule has 2 aromatic carbocycles. The first-order chi connectivity index (χ1) is 14.2. The maximum atomic E-state index is 12.9. The van der Waals surface area contributed by atoms with Gasteiger partial charge in [-0.2, -0.15) is 0 Å². The monoisotopic (exact) mass is 407 g/mol. The number of nitrogens with one attached hydrogen (secondary N) is 1. The summed E-state index contributed by atoms with van der Waals surface area (Å²) < 4.78 is 0. The van der Waals surface area contributed by atoms with E-state index in [1.165, 1.54) is 17.3 Å². The fourth-order valence-corrected chi connectivity index (χ4v) is 4.27. The summed E-state index contributed by atoms with van der Waals surface area (Å²) in [7, 11) is 0. The van der Waals surface area contributed by atoms with Gasteiger partial charge in [-0.05, 0) is 12.5 Å². The molecule has 150 valence electrons. The third-order valence-electron chi connectivity index (χ3n) is 5.08. The quantitative estimate of drug-likeness (QED) is 0.635. The fraction of sp³-hybridized carbons (Fsp3) is 0.318. The van der Waals surface area contributed by atoms with Gasteiger partial charge in [0.25, 0.3) is 0 Å². The number of H-pyrrole nitrogens is 1. The second-order valence-corrected chi connectivity index (χ2v) is 8.49. The highest BCUT2D eigenvalue weighted by atomic mass is 32.2. The Bertz CT molecular complexity index is 923. The molecule has 3 aromatic rings. The summed E-state index contributed by atoms with van der Waals surface area (Å²) in [5.41, 5.74) is 2.30. The lowest BCUT2D eigenvalue weighted by Crippen LogP contribution is -2.50. The molecule has 1 aliphatic rings. The molecule has 0 unspecified atom stereocenters. The predicted octanol–water partition coefficient (Wildman–Crippen LogP) is 3.30. The number of amides is 1. The van der Waals surface area contributed by atoms with Gasteiger partial charge >= 0.3 is 0 Å². The van der Waals surface area contributed by atoms with Crippen molar-refractivity contribution in [2.45, 2.75) is 23.9 Å². The molecule has 0 spiro atoms. The van der Waals surface area contributed by atoms with E-state index >= 15 is 0 Å². The number of rotatable bonds is 6. The number of thioether (sulfide) groups is 1. The lowest BCUT2D eigenvalue weighted by molar-refractivity contribution is -0.132. The molecule has 0 bridgehead atoms. The van der Waals surface area contributed by atoms with E-state index in [4.69, 9.17) is 0 Å². The number of aromatic amines is 1. The van der Waals surface area contributed by atoms with E-state index < -0.39 is 0 Å². The van der Waals surface area contributed by atoms with E-state index in [0.717, 1.165) is 44.1 Å². The molecule has 1 saturated heterocycles. The number of carbonyl (C=O) groups excluding carboxylic acids is 1. The van der Waals surface area contributed by atoms with Crippen molar-refractivity contribution in [3.63, 3.8) is 0 Å². The van der Waals surface area contributed by atoms with Gasteiger partial charge in [0.05, 0.1) is 5.25 Å². The SMILES string of the molecule is C[C@H](Sc1n[nH]c(-c2ccccc2)n1)C(=O)N1CCN(Cc2ccccc2)CC1. The van der Waals surface area contributed by atoms with Crippen molar-refractivity contribution in [2.75, 3.05) is 26.2 Å². The average Bonchev–Trinajstić information content (AvgIpc) is 3.23. The molecule has 1 atom stereocenters. The lowest BCUT2D eigenvalue weighted by atomic mass is 10.2. The summed E-state index contributed by atoms with van der Waals surface area (Å²) in [5, 5.41) is 7.62. The summed E-state index contributed by atoms with van der Waals surface area (Å²) >= 11 is 1.41. The number of hydrogen-bond donors (Lipinski definition) is 1. The van der Waals surface area contributed by atoms with E-state index in [0.29, 0.717) is 5.16 Å². The maximum absolute atomic E-state index is 12.9. The standard InChI is InChI=1S/C22H25N5OS/c1-17(29-22-23-20(24-25-22)19-10-6-3-7-11-19)21(28)27-14-12-26(13-15-27)16-18-8-4-2-5-9-18/h2-11,17H,12-16H2,1H3,(H,23,24,25)/t17-/m0/s1. The van der Waals surface area contributed by atoms with Crippen LogP contribution >= 0.6 is 11.8 Å². The third-order valence-corrected chi connectivity index (χ3v) is 6.02. The Morgan fingerprint density at radius 2 is 1.69 bits per heavy atom. The number of benzene rings is 2. The van der Waals surface area contributed by atoms with Crippen LogP contribution in [0.2, 0.25) is 0 Å².